The lowest BCUT2D eigenvalue weighted by Gasteiger charge is -2.29. The molecular formula is C18H22F3N3O4. The summed E-state index contributed by atoms with van der Waals surface area (Å²) in [5, 5.41) is 32.9. The summed E-state index contributed by atoms with van der Waals surface area (Å²) in [7, 11) is 0. The summed E-state index contributed by atoms with van der Waals surface area (Å²) in [5.74, 6) is -0.991. The van der Waals surface area contributed by atoms with E-state index in [0.717, 1.165) is 12.1 Å². The van der Waals surface area contributed by atoms with Crippen LogP contribution in [0.1, 0.15) is 12.5 Å². The van der Waals surface area contributed by atoms with E-state index >= 15 is 0 Å². The van der Waals surface area contributed by atoms with Crippen LogP contribution in [0.5, 0.6) is 0 Å². The van der Waals surface area contributed by atoms with Crippen LogP contribution in [0.15, 0.2) is 52.8 Å². The van der Waals surface area contributed by atoms with Crippen LogP contribution >= 0.6 is 0 Å². The number of aliphatic hydroxyl groups is 3. The monoisotopic (exact) mass is 401 g/mol. The van der Waals surface area contributed by atoms with Crippen molar-refractivity contribution in [1.29, 1.82) is 0 Å². The van der Waals surface area contributed by atoms with Gasteiger partial charge in [-0.1, -0.05) is 12.1 Å². The highest BCUT2D eigenvalue weighted by Gasteiger charge is 2.32. The van der Waals surface area contributed by atoms with Gasteiger partial charge in [-0.15, -0.1) is 0 Å². The van der Waals surface area contributed by atoms with Gasteiger partial charge in [0, 0.05) is 5.69 Å². The van der Waals surface area contributed by atoms with Gasteiger partial charge in [-0.05, 0) is 37.9 Å². The molecule has 0 heterocycles. The van der Waals surface area contributed by atoms with Crippen molar-refractivity contribution in [2.24, 2.45) is 4.99 Å². The molecule has 1 amide bonds. The lowest BCUT2D eigenvalue weighted by Crippen LogP contribution is -2.57. The second-order valence-corrected chi connectivity index (χ2v) is 5.83. The Morgan fingerprint density at radius 1 is 1.21 bits per heavy atom. The lowest BCUT2D eigenvalue weighted by molar-refractivity contribution is -0.137. The molecule has 0 fully saturated rings. The Labute approximate surface area is 159 Å². The highest BCUT2D eigenvalue weighted by Crippen LogP contribution is 2.31. The van der Waals surface area contributed by atoms with Gasteiger partial charge in [0.05, 0.1) is 31.0 Å². The number of hydrogen-bond donors (Lipinski definition) is 5. The first-order valence-electron chi connectivity index (χ1n) is 8.09. The number of allylic oxidation sites excluding steroid dienone is 1. The van der Waals surface area contributed by atoms with Crippen molar-refractivity contribution in [3.8, 4) is 0 Å². The molecule has 0 aliphatic rings. The number of halogens is 3. The fraction of sp³-hybridized carbons (Fsp3) is 0.333. The molecule has 0 aromatic heterocycles. The number of nitrogens with zero attached hydrogens (tertiary/aromatic N) is 1. The number of carbonyl (C=O) groups excluding carboxylic acids is 1. The van der Waals surface area contributed by atoms with E-state index < -0.39 is 43.0 Å². The minimum atomic E-state index is -4.55. The number of amides is 1. The third kappa shape index (κ3) is 5.91. The van der Waals surface area contributed by atoms with Crippen molar-refractivity contribution < 1.29 is 33.3 Å². The number of aliphatic hydroxyl groups excluding tert-OH is 3. The average molecular weight is 401 g/mol. The SMILES string of the molecule is C=N/C(Nc1cccc(C(F)(F)F)c1)=C(\C=C/C)C(=O)NC(CO)(CO)CO. The zero-order chi connectivity index (χ0) is 21.4. The van der Waals surface area contributed by atoms with Gasteiger partial charge in [0.15, 0.2) is 0 Å². The van der Waals surface area contributed by atoms with Crippen LogP contribution in [-0.2, 0) is 11.0 Å². The molecule has 10 heteroatoms. The zero-order valence-electron chi connectivity index (χ0n) is 15.1. The molecule has 0 atom stereocenters. The summed E-state index contributed by atoms with van der Waals surface area (Å²) >= 11 is 0. The summed E-state index contributed by atoms with van der Waals surface area (Å²) in [6.45, 7) is 2.68. The van der Waals surface area contributed by atoms with E-state index in [4.69, 9.17) is 0 Å². The van der Waals surface area contributed by atoms with Gasteiger partial charge >= 0.3 is 6.18 Å². The standard InChI is InChI=1S/C18H22F3N3O4/c1-3-5-14(16(28)24-17(9-25,10-26)11-27)15(22-2)23-13-7-4-6-12(8-13)18(19,20)21/h3-8,23,25-27H,2,9-11H2,1H3,(H,24,28)/b5-3-,15-14-. The van der Waals surface area contributed by atoms with Gasteiger partial charge in [0.1, 0.15) is 11.4 Å². The van der Waals surface area contributed by atoms with E-state index in [-0.39, 0.29) is 17.1 Å². The molecule has 0 aliphatic carbocycles. The Morgan fingerprint density at radius 2 is 1.82 bits per heavy atom. The van der Waals surface area contributed by atoms with E-state index in [1.54, 1.807) is 6.92 Å². The molecular weight excluding hydrogens is 379 g/mol. The molecule has 0 saturated carbocycles. The number of alkyl halides is 3. The zero-order valence-corrected chi connectivity index (χ0v) is 15.1. The first-order valence-corrected chi connectivity index (χ1v) is 8.09. The molecule has 0 radical (unpaired) electrons. The third-order valence-electron chi connectivity index (χ3n) is 3.73. The summed E-state index contributed by atoms with van der Waals surface area (Å²) in [6, 6.07) is 4.28. The van der Waals surface area contributed by atoms with Crippen LogP contribution in [0.25, 0.3) is 0 Å². The first kappa shape index (κ1) is 23.3. The minimum absolute atomic E-state index is 0.0183. The Morgan fingerprint density at radius 3 is 2.29 bits per heavy atom. The topological polar surface area (TPSA) is 114 Å². The van der Waals surface area contributed by atoms with Crippen molar-refractivity contribution in [2.45, 2.75) is 18.6 Å². The predicted molar refractivity (Wildman–Crippen MR) is 98.6 cm³/mol. The molecule has 154 valence electrons. The van der Waals surface area contributed by atoms with Gasteiger partial charge in [-0.2, -0.15) is 13.2 Å². The maximum atomic E-state index is 12.9. The highest BCUT2D eigenvalue weighted by molar-refractivity contribution is 5.98. The van der Waals surface area contributed by atoms with Crippen molar-refractivity contribution in [3.63, 3.8) is 0 Å². The Bertz CT molecular complexity index is 748. The summed E-state index contributed by atoms with van der Waals surface area (Å²) < 4.78 is 38.6. The number of carbonyl (C=O) groups is 1. The molecule has 1 rings (SSSR count). The van der Waals surface area contributed by atoms with Gasteiger partial charge in [0.25, 0.3) is 5.91 Å². The smallest absolute Gasteiger partial charge is 0.394 e. The molecule has 0 aliphatic heterocycles. The molecule has 7 nitrogen and oxygen atoms in total. The molecule has 0 saturated heterocycles. The van der Waals surface area contributed by atoms with Gasteiger partial charge < -0.3 is 26.0 Å². The van der Waals surface area contributed by atoms with Crippen molar-refractivity contribution >= 4 is 18.3 Å². The van der Waals surface area contributed by atoms with E-state index in [1.807, 2.05) is 0 Å². The van der Waals surface area contributed by atoms with E-state index in [2.05, 4.69) is 22.3 Å². The van der Waals surface area contributed by atoms with Gasteiger partial charge in [0.2, 0.25) is 0 Å². The maximum absolute atomic E-state index is 12.9. The largest absolute Gasteiger partial charge is 0.416 e. The second-order valence-electron chi connectivity index (χ2n) is 5.83. The van der Waals surface area contributed by atoms with Crippen molar-refractivity contribution in [1.82, 2.24) is 5.32 Å². The average Bonchev–Trinajstić information content (AvgIpc) is 2.68. The first-order chi connectivity index (χ1) is 13.2. The fourth-order valence-electron chi connectivity index (χ4n) is 2.11. The normalized spacial score (nSPS) is 13.2. The fourth-order valence-corrected chi connectivity index (χ4v) is 2.11. The number of benzene rings is 1. The number of aliphatic imine (C=N–C) groups is 1. The lowest BCUT2D eigenvalue weighted by atomic mass is 10.0. The molecule has 28 heavy (non-hydrogen) atoms. The van der Waals surface area contributed by atoms with Crippen molar-refractivity contribution in [3.05, 3.63) is 53.4 Å². The summed E-state index contributed by atoms with van der Waals surface area (Å²) in [6.07, 6.45) is -1.75. The Hall–Kier alpha value is -2.69. The summed E-state index contributed by atoms with van der Waals surface area (Å²) in [5.41, 5.74) is -2.69. The van der Waals surface area contributed by atoms with Crippen molar-refractivity contribution in [2.75, 3.05) is 25.1 Å². The minimum Gasteiger partial charge on any atom is -0.394 e. The quantitative estimate of drug-likeness (QED) is 0.244. The molecule has 0 unspecified atom stereocenters. The number of anilines is 1. The molecule has 0 spiro atoms. The summed E-state index contributed by atoms with van der Waals surface area (Å²) in [4.78, 5) is 16.2. The second kappa shape index (κ2) is 10.0. The van der Waals surface area contributed by atoms with Crippen LogP contribution in [0.2, 0.25) is 0 Å². The number of nitrogens with one attached hydrogen (secondary N) is 2. The van der Waals surface area contributed by atoms with Crippen LogP contribution in [0.4, 0.5) is 18.9 Å². The molecule has 1 aromatic rings. The number of hydrogen-bond acceptors (Lipinski definition) is 6. The Kier molecular flexibility index (Phi) is 8.35. The van der Waals surface area contributed by atoms with Crippen LogP contribution in [0, 0.1) is 0 Å². The third-order valence-corrected chi connectivity index (χ3v) is 3.73. The highest BCUT2D eigenvalue weighted by atomic mass is 19.4. The van der Waals surface area contributed by atoms with Crippen LogP contribution < -0.4 is 10.6 Å². The van der Waals surface area contributed by atoms with Crippen LogP contribution in [0.3, 0.4) is 0 Å². The van der Waals surface area contributed by atoms with Crippen LogP contribution in [-0.4, -0.2) is 53.3 Å². The predicted octanol–water partition coefficient (Wildman–Crippen LogP) is 1.44. The number of rotatable bonds is 9. The van der Waals surface area contributed by atoms with Gasteiger partial charge in [-0.25, -0.2) is 4.99 Å². The van der Waals surface area contributed by atoms with E-state index in [9.17, 15) is 33.3 Å². The molecule has 5 N–H and O–H groups in total. The molecule has 1 aromatic carbocycles. The maximum Gasteiger partial charge on any atom is 0.416 e. The van der Waals surface area contributed by atoms with E-state index in [0.29, 0.717) is 0 Å². The molecule has 0 bridgehead atoms. The van der Waals surface area contributed by atoms with E-state index in [1.165, 1.54) is 24.3 Å². The van der Waals surface area contributed by atoms with Gasteiger partial charge in [-0.3, -0.25) is 4.79 Å². The Balaban J connectivity index is 3.30.